The predicted octanol–water partition coefficient (Wildman–Crippen LogP) is 5.28. The van der Waals surface area contributed by atoms with Gasteiger partial charge in [-0.2, -0.15) is 5.10 Å². The number of carbonyl (C=O) groups is 1. The Morgan fingerprint density at radius 3 is 2.34 bits per heavy atom. The first-order valence-electron chi connectivity index (χ1n) is 9.03. The summed E-state index contributed by atoms with van der Waals surface area (Å²) in [5.74, 6) is -0.718. The van der Waals surface area contributed by atoms with Gasteiger partial charge in [-0.1, -0.05) is 30.3 Å². The first-order valence-corrected chi connectivity index (χ1v) is 9.03. The maximum absolute atomic E-state index is 13.3. The summed E-state index contributed by atoms with van der Waals surface area (Å²) in [5, 5.41) is 14.5. The summed E-state index contributed by atoms with van der Waals surface area (Å²) in [5.41, 5.74) is 3.14. The lowest BCUT2D eigenvalue weighted by molar-refractivity contribution is 0.104. The van der Waals surface area contributed by atoms with Crippen molar-refractivity contribution in [3.63, 3.8) is 0 Å². The second-order valence-electron chi connectivity index (χ2n) is 6.43. The number of para-hydroxylation sites is 2. The molecular formula is C24H17FN2O2. The molecule has 4 aromatic rings. The van der Waals surface area contributed by atoms with Crippen LogP contribution in [0.25, 0.3) is 23.0 Å². The number of halogens is 1. The van der Waals surface area contributed by atoms with E-state index in [1.807, 2.05) is 36.5 Å². The topological polar surface area (TPSA) is 55.1 Å². The lowest BCUT2D eigenvalue weighted by Crippen LogP contribution is -1.94. The molecule has 1 aromatic heterocycles. The lowest BCUT2D eigenvalue weighted by Gasteiger charge is -2.01. The Morgan fingerprint density at radius 2 is 1.62 bits per heavy atom. The fourth-order valence-electron chi connectivity index (χ4n) is 2.99. The number of hydrogen-bond acceptors (Lipinski definition) is 3. The monoisotopic (exact) mass is 384 g/mol. The van der Waals surface area contributed by atoms with Gasteiger partial charge >= 0.3 is 0 Å². The molecule has 0 atom stereocenters. The Morgan fingerprint density at radius 1 is 0.931 bits per heavy atom. The fourth-order valence-corrected chi connectivity index (χ4v) is 2.99. The van der Waals surface area contributed by atoms with Crippen LogP contribution in [0.2, 0.25) is 0 Å². The molecule has 142 valence electrons. The van der Waals surface area contributed by atoms with Crippen molar-refractivity contribution < 1.29 is 14.3 Å². The maximum Gasteiger partial charge on any atom is 0.189 e. The molecule has 29 heavy (non-hydrogen) atoms. The van der Waals surface area contributed by atoms with Crippen LogP contribution in [0.1, 0.15) is 15.9 Å². The van der Waals surface area contributed by atoms with E-state index in [-0.39, 0.29) is 22.9 Å². The minimum absolute atomic E-state index is 0.0686. The Kier molecular flexibility index (Phi) is 5.03. The highest BCUT2D eigenvalue weighted by atomic mass is 19.1. The van der Waals surface area contributed by atoms with Crippen molar-refractivity contribution >= 4 is 11.9 Å². The fraction of sp³-hybridized carbons (Fsp3) is 0. The van der Waals surface area contributed by atoms with Crippen molar-refractivity contribution in [2.24, 2.45) is 0 Å². The van der Waals surface area contributed by atoms with E-state index in [2.05, 4.69) is 5.10 Å². The molecule has 0 amide bonds. The third-order valence-corrected chi connectivity index (χ3v) is 4.46. The van der Waals surface area contributed by atoms with Crippen LogP contribution in [0.3, 0.4) is 0 Å². The summed E-state index contributed by atoms with van der Waals surface area (Å²) >= 11 is 0. The zero-order valence-corrected chi connectivity index (χ0v) is 15.4. The molecule has 0 fully saturated rings. The van der Waals surface area contributed by atoms with E-state index in [0.29, 0.717) is 11.3 Å². The van der Waals surface area contributed by atoms with E-state index in [4.69, 9.17) is 0 Å². The van der Waals surface area contributed by atoms with Crippen molar-refractivity contribution in [1.29, 1.82) is 0 Å². The van der Waals surface area contributed by atoms with Gasteiger partial charge in [0.25, 0.3) is 0 Å². The summed E-state index contributed by atoms with van der Waals surface area (Å²) in [6, 6.07) is 22.0. The molecule has 0 aliphatic carbocycles. The Bertz CT molecular complexity index is 1180. The van der Waals surface area contributed by atoms with Crippen molar-refractivity contribution in [2.45, 2.75) is 0 Å². The second kappa shape index (κ2) is 7.94. The number of aromatic nitrogens is 2. The molecule has 5 heteroatoms. The number of nitrogens with zero attached hydrogens (tertiary/aromatic N) is 2. The Labute approximate surface area is 167 Å². The summed E-state index contributed by atoms with van der Waals surface area (Å²) < 4.78 is 15.1. The number of phenolic OH excluding ortho intramolecular Hbond substituents is 1. The molecule has 0 saturated heterocycles. The maximum atomic E-state index is 13.3. The average molecular weight is 384 g/mol. The highest BCUT2D eigenvalue weighted by molar-refractivity contribution is 6.08. The molecule has 0 aliphatic heterocycles. The van der Waals surface area contributed by atoms with Crippen molar-refractivity contribution in [1.82, 2.24) is 9.78 Å². The number of benzene rings is 3. The summed E-state index contributed by atoms with van der Waals surface area (Å²) in [6.45, 7) is 0. The van der Waals surface area contributed by atoms with Gasteiger partial charge in [-0.15, -0.1) is 0 Å². The van der Waals surface area contributed by atoms with Crippen molar-refractivity contribution in [3.05, 3.63) is 108 Å². The molecule has 0 bridgehead atoms. The minimum atomic E-state index is -0.330. The van der Waals surface area contributed by atoms with Gasteiger partial charge in [0.05, 0.1) is 16.9 Å². The molecule has 0 aliphatic rings. The van der Waals surface area contributed by atoms with Gasteiger partial charge in [0.2, 0.25) is 0 Å². The number of rotatable bonds is 5. The van der Waals surface area contributed by atoms with Gasteiger partial charge in [0.15, 0.2) is 5.78 Å². The Hall–Kier alpha value is -3.99. The van der Waals surface area contributed by atoms with Crippen LogP contribution in [-0.4, -0.2) is 20.7 Å². The van der Waals surface area contributed by atoms with E-state index in [1.54, 1.807) is 41.1 Å². The summed E-state index contributed by atoms with van der Waals surface area (Å²) in [4.78, 5) is 12.5. The van der Waals surface area contributed by atoms with Gasteiger partial charge < -0.3 is 5.11 Å². The quantitative estimate of drug-likeness (QED) is 0.376. The zero-order valence-electron chi connectivity index (χ0n) is 15.4. The molecular weight excluding hydrogens is 367 g/mol. The molecule has 4 rings (SSSR count). The second-order valence-corrected chi connectivity index (χ2v) is 6.43. The van der Waals surface area contributed by atoms with Crippen LogP contribution in [0.15, 0.2) is 91.1 Å². The number of hydrogen-bond donors (Lipinski definition) is 1. The first-order chi connectivity index (χ1) is 14.1. The van der Waals surface area contributed by atoms with E-state index in [1.165, 1.54) is 24.3 Å². The number of carbonyl (C=O) groups excluding carboxylic acids is 1. The molecule has 4 nitrogen and oxygen atoms in total. The van der Waals surface area contributed by atoms with E-state index in [0.717, 1.165) is 11.3 Å². The average Bonchev–Trinajstić information content (AvgIpc) is 3.18. The molecule has 0 spiro atoms. The largest absolute Gasteiger partial charge is 0.507 e. The van der Waals surface area contributed by atoms with Gasteiger partial charge in [0.1, 0.15) is 11.6 Å². The van der Waals surface area contributed by atoms with E-state index in [9.17, 15) is 14.3 Å². The van der Waals surface area contributed by atoms with Gasteiger partial charge in [-0.05, 0) is 60.7 Å². The van der Waals surface area contributed by atoms with Gasteiger partial charge in [-0.25, -0.2) is 9.07 Å². The normalized spacial score (nSPS) is 11.1. The van der Waals surface area contributed by atoms with Crippen LogP contribution >= 0.6 is 0 Å². The highest BCUT2D eigenvalue weighted by Crippen LogP contribution is 2.26. The van der Waals surface area contributed by atoms with Crippen molar-refractivity contribution in [2.75, 3.05) is 0 Å². The van der Waals surface area contributed by atoms with Crippen LogP contribution < -0.4 is 0 Å². The summed E-state index contributed by atoms with van der Waals surface area (Å²) in [7, 11) is 0. The molecule has 1 heterocycles. The molecule has 3 aromatic carbocycles. The van der Waals surface area contributed by atoms with Crippen LogP contribution in [0.5, 0.6) is 5.75 Å². The highest BCUT2D eigenvalue weighted by Gasteiger charge is 2.12. The predicted molar refractivity (Wildman–Crippen MR) is 110 cm³/mol. The zero-order chi connectivity index (χ0) is 20.2. The summed E-state index contributed by atoms with van der Waals surface area (Å²) in [6.07, 6.45) is 4.86. The third-order valence-electron chi connectivity index (χ3n) is 4.46. The van der Waals surface area contributed by atoms with Crippen LogP contribution in [0, 0.1) is 5.82 Å². The Balaban J connectivity index is 1.75. The third kappa shape index (κ3) is 3.99. The number of ketones is 1. The van der Waals surface area contributed by atoms with Crippen LogP contribution in [-0.2, 0) is 0 Å². The molecule has 0 radical (unpaired) electrons. The SMILES string of the molecule is O=C(/C=C\c1cn(-c2ccccc2)nc1-c1ccc(F)cc1)c1ccccc1O. The smallest absolute Gasteiger partial charge is 0.189 e. The number of phenols is 1. The van der Waals surface area contributed by atoms with E-state index >= 15 is 0 Å². The molecule has 0 saturated carbocycles. The standard InChI is InChI=1S/C24H17FN2O2/c25-19-13-10-17(11-14-19)24-18(16-27(26-24)20-6-2-1-3-7-20)12-15-23(29)21-8-4-5-9-22(21)28/h1-16,28H/b15-12-. The minimum Gasteiger partial charge on any atom is -0.507 e. The van der Waals surface area contributed by atoms with Crippen LogP contribution in [0.4, 0.5) is 4.39 Å². The molecule has 0 unspecified atom stereocenters. The number of allylic oxidation sites excluding steroid dienone is 1. The lowest BCUT2D eigenvalue weighted by atomic mass is 10.1. The molecule has 1 N–H and O–H groups in total. The number of aromatic hydroxyl groups is 1. The first kappa shape index (κ1) is 18.4. The van der Waals surface area contributed by atoms with E-state index < -0.39 is 0 Å². The van der Waals surface area contributed by atoms with Gasteiger partial charge in [0, 0.05) is 17.3 Å². The van der Waals surface area contributed by atoms with Gasteiger partial charge in [-0.3, -0.25) is 4.79 Å². The van der Waals surface area contributed by atoms with Crippen molar-refractivity contribution in [3.8, 4) is 22.7 Å².